The third kappa shape index (κ3) is 4.39. The van der Waals surface area contributed by atoms with E-state index < -0.39 is 0 Å². The number of nitrogens with one attached hydrogen (secondary N) is 1. The maximum atomic E-state index is 12.2. The number of carbonyl (C=O) groups is 1. The molecule has 0 radical (unpaired) electrons. The van der Waals surface area contributed by atoms with Crippen molar-refractivity contribution < 1.29 is 4.79 Å². The number of carbonyl (C=O) groups excluding carboxylic acids is 1. The highest BCUT2D eigenvalue weighted by molar-refractivity contribution is 9.10. The molecule has 4 heteroatoms. The fourth-order valence-corrected chi connectivity index (χ4v) is 2.87. The summed E-state index contributed by atoms with van der Waals surface area (Å²) in [5, 5.41) is 2.80. The van der Waals surface area contributed by atoms with Crippen LogP contribution < -0.4 is 5.32 Å². The lowest BCUT2D eigenvalue weighted by atomic mass is 10.2. The molecule has 2 aromatic carbocycles. The van der Waals surface area contributed by atoms with Crippen molar-refractivity contribution in [2.24, 2.45) is 0 Å². The first-order valence-electron chi connectivity index (χ1n) is 6.34. The molecule has 0 aliphatic rings. The zero-order valence-electron chi connectivity index (χ0n) is 11.4. The maximum Gasteiger partial charge on any atom is 0.237 e. The lowest BCUT2D eigenvalue weighted by molar-refractivity contribution is -0.115. The quantitative estimate of drug-likeness (QED) is 0.797. The monoisotopic (exact) mass is 349 g/mol. The number of hydrogen-bond acceptors (Lipinski definition) is 2. The molecule has 0 unspecified atom stereocenters. The van der Waals surface area contributed by atoms with Crippen LogP contribution in [0.25, 0.3) is 0 Å². The molecule has 0 aliphatic carbocycles. The van der Waals surface area contributed by atoms with Gasteiger partial charge in [0.15, 0.2) is 0 Å². The molecule has 104 valence electrons. The molecular weight excluding hydrogens is 334 g/mol. The molecule has 2 rings (SSSR count). The van der Waals surface area contributed by atoms with Gasteiger partial charge in [-0.25, -0.2) is 0 Å². The molecule has 0 aliphatic heterocycles. The average molecular weight is 350 g/mol. The predicted octanol–water partition coefficient (Wildman–Crippen LogP) is 4.88. The highest BCUT2D eigenvalue weighted by Gasteiger charge is 2.14. The van der Waals surface area contributed by atoms with Gasteiger partial charge in [-0.05, 0) is 55.8 Å². The first-order valence-corrected chi connectivity index (χ1v) is 8.01. The van der Waals surface area contributed by atoms with Crippen molar-refractivity contribution in [3.63, 3.8) is 0 Å². The molecule has 0 aromatic heterocycles. The minimum absolute atomic E-state index is 0.0171. The summed E-state index contributed by atoms with van der Waals surface area (Å²) in [4.78, 5) is 13.2. The van der Waals surface area contributed by atoms with Crippen LogP contribution in [0.1, 0.15) is 12.5 Å². The predicted molar refractivity (Wildman–Crippen MR) is 89.3 cm³/mol. The Morgan fingerprint density at radius 2 is 1.90 bits per heavy atom. The molecule has 2 nitrogen and oxygen atoms in total. The van der Waals surface area contributed by atoms with E-state index >= 15 is 0 Å². The van der Waals surface area contributed by atoms with E-state index in [-0.39, 0.29) is 11.2 Å². The second-order valence-corrected chi connectivity index (χ2v) is 6.90. The Bertz CT molecular complexity index is 598. The highest BCUT2D eigenvalue weighted by atomic mass is 79.9. The summed E-state index contributed by atoms with van der Waals surface area (Å²) >= 11 is 4.95. The van der Waals surface area contributed by atoms with Crippen LogP contribution in [0.4, 0.5) is 5.69 Å². The number of anilines is 1. The second-order valence-electron chi connectivity index (χ2n) is 4.57. The first-order chi connectivity index (χ1) is 9.54. The van der Waals surface area contributed by atoms with E-state index in [2.05, 4.69) is 21.2 Å². The summed E-state index contributed by atoms with van der Waals surface area (Å²) < 4.78 is 1.04. The molecule has 0 heterocycles. The zero-order valence-corrected chi connectivity index (χ0v) is 13.8. The summed E-state index contributed by atoms with van der Waals surface area (Å²) in [6.07, 6.45) is 0. The van der Waals surface area contributed by atoms with E-state index in [4.69, 9.17) is 0 Å². The van der Waals surface area contributed by atoms with Crippen molar-refractivity contribution in [2.75, 3.05) is 5.32 Å². The van der Waals surface area contributed by atoms with Crippen LogP contribution in [0.5, 0.6) is 0 Å². The van der Waals surface area contributed by atoms with Gasteiger partial charge >= 0.3 is 0 Å². The molecule has 1 atom stereocenters. The third-order valence-corrected chi connectivity index (χ3v) is 4.42. The van der Waals surface area contributed by atoms with Gasteiger partial charge in [0, 0.05) is 15.1 Å². The Hall–Kier alpha value is -1.26. The van der Waals surface area contributed by atoms with Crippen molar-refractivity contribution in [2.45, 2.75) is 24.0 Å². The Kier molecular flexibility index (Phi) is 5.26. The highest BCUT2D eigenvalue weighted by Crippen LogP contribution is 2.25. The van der Waals surface area contributed by atoms with E-state index in [0.717, 1.165) is 20.6 Å². The van der Waals surface area contributed by atoms with Crippen LogP contribution in [-0.2, 0) is 4.79 Å². The minimum atomic E-state index is -0.142. The largest absolute Gasteiger partial charge is 0.325 e. The third-order valence-electron chi connectivity index (χ3n) is 2.78. The average Bonchev–Trinajstić information content (AvgIpc) is 2.41. The minimum Gasteiger partial charge on any atom is -0.325 e. The van der Waals surface area contributed by atoms with E-state index in [0.29, 0.717) is 0 Å². The fraction of sp³-hybridized carbons (Fsp3) is 0.188. The van der Waals surface area contributed by atoms with Crippen molar-refractivity contribution >= 4 is 39.3 Å². The summed E-state index contributed by atoms with van der Waals surface area (Å²) in [5.74, 6) is 0.0171. The Morgan fingerprint density at radius 1 is 1.20 bits per heavy atom. The number of halogens is 1. The Balaban J connectivity index is 1.96. The first kappa shape index (κ1) is 15.1. The SMILES string of the molecule is Cc1cccc(NC(=O)[C@@H](C)Sc2ccc(Br)cc2)c1. The van der Waals surface area contributed by atoms with E-state index in [9.17, 15) is 4.79 Å². The number of hydrogen-bond donors (Lipinski definition) is 1. The van der Waals surface area contributed by atoms with E-state index in [1.807, 2.05) is 62.4 Å². The number of aryl methyl sites for hydroxylation is 1. The molecule has 1 amide bonds. The van der Waals surface area contributed by atoms with Gasteiger partial charge in [-0.2, -0.15) is 0 Å². The fourth-order valence-electron chi connectivity index (χ4n) is 1.74. The van der Waals surface area contributed by atoms with Gasteiger partial charge in [0.2, 0.25) is 5.91 Å². The molecule has 0 saturated heterocycles. The number of amides is 1. The van der Waals surface area contributed by atoms with Crippen LogP contribution in [0, 0.1) is 6.92 Å². The molecular formula is C16H16BrNOS. The summed E-state index contributed by atoms with van der Waals surface area (Å²) in [6, 6.07) is 15.8. The van der Waals surface area contributed by atoms with Gasteiger partial charge in [0.25, 0.3) is 0 Å². The summed E-state index contributed by atoms with van der Waals surface area (Å²) in [6.45, 7) is 3.92. The van der Waals surface area contributed by atoms with Gasteiger partial charge in [-0.15, -0.1) is 11.8 Å². The molecule has 2 aromatic rings. The topological polar surface area (TPSA) is 29.1 Å². The van der Waals surface area contributed by atoms with Crippen LogP contribution >= 0.6 is 27.7 Å². The molecule has 1 N–H and O–H groups in total. The molecule has 0 saturated carbocycles. The molecule has 0 fully saturated rings. The van der Waals surface area contributed by atoms with Crippen LogP contribution in [0.2, 0.25) is 0 Å². The Morgan fingerprint density at radius 3 is 2.55 bits per heavy atom. The summed E-state index contributed by atoms with van der Waals surface area (Å²) in [7, 11) is 0. The van der Waals surface area contributed by atoms with Gasteiger partial charge in [0.1, 0.15) is 0 Å². The normalized spacial score (nSPS) is 11.9. The van der Waals surface area contributed by atoms with Crippen molar-refractivity contribution in [3.05, 3.63) is 58.6 Å². The van der Waals surface area contributed by atoms with Crippen LogP contribution in [0.3, 0.4) is 0 Å². The standard InChI is InChI=1S/C16H16BrNOS/c1-11-4-3-5-14(10-11)18-16(19)12(2)20-15-8-6-13(17)7-9-15/h3-10,12H,1-2H3,(H,18,19)/t12-/m1/s1. The molecule has 20 heavy (non-hydrogen) atoms. The van der Waals surface area contributed by atoms with Crippen molar-refractivity contribution in [1.82, 2.24) is 0 Å². The van der Waals surface area contributed by atoms with Crippen molar-refractivity contribution in [3.8, 4) is 0 Å². The number of benzene rings is 2. The Labute approximate surface area is 132 Å². The lowest BCUT2D eigenvalue weighted by Gasteiger charge is -2.12. The number of rotatable bonds is 4. The van der Waals surface area contributed by atoms with Gasteiger partial charge in [-0.1, -0.05) is 28.1 Å². The zero-order chi connectivity index (χ0) is 14.5. The van der Waals surface area contributed by atoms with Crippen molar-refractivity contribution in [1.29, 1.82) is 0 Å². The lowest BCUT2D eigenvalue weighted by Crippen LogP contribution is -2.22. The second kappa shape index (κ2) is 6.95. The van der Waals surface area contributed by atoms with Gasteiger partial charge < -0.3 is 5.32 Å². The van der Waals surface area contributed by atoms with E-state index in [1.165, 1.54) is 0 Å². The van der Waals surface area contributed by atoms with Crippen LogP contribution in [0.15, 0.2) is 57.9 Å². The smallest absolute Gasteiger partial charge is 0.237 e. The van der Waals surface area contributed by atoms with Gasteiger partial charge in [-0.3, -0.25) is 4.79 Å². The maximum absolute atomic E-state index is 12.2. The van der Waals surface area contributed by atoms with E-state index in [1.54, 1.807) is 11.8 Å². The molecule has 0 bridgehead atoms. The van der Waals surface area contributed by atoms with Crippen LogP contribution in [-0.4, -0.2) is 11.2 Å². The molecule has 0 spiro atoms. The summed E-state index contributed by atoms with van der Waals surface area (Å²) in [5.41, 5.74) is 1.98. The van der Waals surface area contributed by atoms with Gasteiger partial charge in [0.05, 0.1) is 5.25 Å². The number of thioether (sulfide) groups is 1.